The molecular formula is C16H23ClN4O2. The number of halogens is 1. The molecule has 0 bridgehead atoms. The average Bonchev–Trinajstić information content (AvgIpc) is 3.19. The molecule has 0 aromatic carbocycles. The summed E-state index contributed by atoms with van der Waals surface area (Å²) in [5.41, 5.74) is -0.561. The van der Waals surface area contributed by atoms with Crippen LogP contribution >= 0.6 is 11.6 Å². The molecule has 126 valence electrons. The minimum Gasteiger partial charge on any atom is -0.388 e. The van der Waals surface area contributed by atoms with Crippen molar-refractivity contribution in [3.8, 4) is 0 Å². The van der Waals surface area contributed by atoms with Crippen molar-refractivity contribution in [2.24, 2.45) is 0 Å². The highest BCUT2D eigenvalue weighted by molar-refractivity contribution is 6.33. The van der Waals surface area contributed by atoms with Gasteiger partial charge in [-0.25, -0.2) is 9.97 Å². The van der Waals surface area contributed by atoms with Gasteiger partial charge >= 0.3 is 0 Å². The van der Waals surface area contributed by atoms with Crippen LogP contribution in [0.4, 0.5) is 5.95 Å². The van der Waals surface area contributed by atoms with E-state index in [0.717, 1.165) is 51.6 Å². The molecule has 1 aromatic rings. The number of likely N-dealkylation sites (N-methyl/N-ethyl adjacent to an activating group) is 1. The normalized spacial score (nSPS) is 20.0. The maximum absolute atomic E-state index is 12.7. The minimum absolute atomic E-state index is 0.215. The molecule has 1 aliphatic carbocycles. The quantitative estimate of drug-likeness (QED) is 0.910. The maximum atomic E-state index is 12.7. The van der Waals surface area contributed by atoms with Crippen LogP contribution in [0.2, 0.25) is 5.02 Å². The van der Waals surface area contributed by atoms with Crippen LogP contribution in [-0.4, -0.2) is 58.2 Å². The van der Waals surface area contributed by atoms with Gasteiger partial charge in [-0.05, 0) is 25.7 Å². The standard InChI is InChI=1S/C16H23ClN4O2/c1-20(11-16(23)6-2-3-7-16)14(22)13-12(17)10-18-15(19-13)21-8-4-5-9-21/h10,23H,2-9,11H2,1H3. The van der Waals surface area contributed by atoms with Gasteiger partial charge in [-0.1, -0.05) is 24.4 Å². The fourth-order valence-corrected chi connectivity index (χ4v) is 3.63. The van der Waals surface area contributed by atoms with E-state index in [9.17, 15) is 9.90 Å². The van der Waals surface area contributed by atoms with Gasteiger partial charge in [0.25, 0.3) is 5.91 Å². The van der Waals surface area contributed by atoms with Crippen molar-refractivity contribution in [1.82, 2.24) is 14.9 Å². The summed E-state index contributed by atoms with van der Waals surface area (Å²) in [4.78, 5) is 24.9. The van der Waals surface area contributed by atoms with Crippen molar-refractivity contribution in [1.29, 1.82) is 0 Å². The molecule has 6 nitrogen and oxygen atoms in total. The van der Waals surface area contributed by atoms with Crippen LogP contribution in [-0.2, 0) is 0 Å². The largest absolute Gasteiger partial charge is 0.388 e. The van der Waals surface area contributed by atoms with Crippen molar-refractivity contribution in [3.63, 3.8) is 0 Å². The van der Waals surface area contributed by atoms with E-state index >= 15 is 0 Å². The van der Waals surface area contributed by atoms with E-state index < -0.39 is 5.60 Å². The lowest BCUT2D eigenvalue weighted by Gasteiger charge is -2.28. The molecule has 7 heteroatoms. The molecule has 1 amide bonds. The topological polar surface area (TPSA) is 69.6 Å². The lowest BCUT2D eigenvalue weighted by molar-refractivity contribution is 0.0155. The van der Waals surface area contributed by atoms with Crippen LogP contribution < -0.4 is 4.90 Å². The number of aliphatic hydroxyl groups is 1. The summed E-state index contributed by atoms with van der Waals surface area (Å²) in [5.74, 6) is 0.293. The number of carbonyl (C=O) groups excluding carboxylic acids is 1. The molecule has 1 N–H and O–H groups in total. The van der Waals surface area contributed by atoms with Gasteiger partial charge in [-0.15, -0.1) is 0 Å². The SMILES string of the molecule is CN(CC1(O)CCCC1)C(=O)c1nc(N2CCCC2)ncc1Cl. The summed E-state index contributed by atoms with van der Waals surface area (Å²) >= 11 is 6.14. The van der Waals surface area contributed by atoms with E-state index in [4.69, 9.17) is 11.6 Å². The third-order valence-corrected chi connectivity index (χ3v) is 5.01. The first-order chi connectivity index (χ1) is 11.0. The summed E-state index contributed by atoms with van der Waals surface area (Å²) in [7, 11) is 1.69. The number of aromatic nitrogens is 2. The highest BCUT2D eigenvalue weighted by atomic mass is 35.5. The van der Waals surface area contributed by atoms with Gasteiger partial charge in [-0.2, -0.15) is 0 Å². The van der Waals surface area contributed by atoms with Gasteiger partial charge in [0.15, 0.2) is 5.69 Å². The number of carbonyl (C=O) groups is 1. The van der Waals surface area contributed by atoms with Crippen molar-refractivity contribution in [2.75, 3.05) is 31.6 Å². The van der Waals surface area contributed by atoms with E-state index in [1.807, 2.05) is 0 Å². The van der Waals surface area contributed by atoms with Crippen LogP contribution in [0.3, 0.4) is 0 Å². The molecule has 23 heavy (non-hydrogen) atoms. The summed E-state index contributed by atoms with van der Waals surface area (Å²) < 4.78 is 0. The van der Waals surface area contributed by atoms with Gasteiger partial charge in [0, 0.05) is 26.7 Å². The number of rotatable bonds is 4. The molecule has 2 heterocycles. The van der Waals surface area contributed by atoms with Gasteiger partial charge in [0.05, 0.1) is 16.8 Å². The zero-order valence-corrected chi connectivity index (χ0v) is 14.2. The van der Waals surface area contributed by atoms with Gasteiger partial charge in [0.1, 0.15) is 0 Å². The first kappa shape index (κ1) is 16.5. The lowest BCUT2D eigenvalue weighted by Crippen LogP contribution is -2.42. The molecule has 0 spiro atoms. The Morgan fingerprint density at radius 3 is 2.65 bits per heavy atom. The Balaban J connectivity index is 1.76. The van der Waals surface area contributed by atoms with E-state index in [-0.39, 0.29) is 16.6 Å². The van der Waals surface area contributed by atoms with Crippen molar-refractivity contribution in [2.45, 2.75) is 44.1 Å². The van der Waals surface area contributed by atoms with Gasteiger partial charge < -0.3 is 14.9 Å². The fourth-order valence-electron chi connectivity index (χ4n) is 3.46. The van der Waals surface area contributed by atoms with Crippen LogP contribution in [0.5, 0.6) is 0 Å². The molecule has 1 aromatic heterocycles. The van der Waals surface area contributed by atoms with E-state index in [1.54, 1.807) is 7.05 Å². The fraction of sp³-hybridized carbons (Fsp3) is 0.688. The monoisotopic (exact) mass is 338 g/mol. The Morgan fingerprint density at radius 1 is 1.35 bits per heavy atom. The molecule has 0 atom stereocenters. The Bertz CT molecular complexity index is 583. The average molecular weight is 339 g/mol. The van der Waals surface area contributed by atoms with Crippen LogP contribution in [0.25, 0.3) is 0 Å². The molecule has 1 saturated heterocycles. The summed E-state index contributed by atoms with van der Waals surface area (Å²) in [6.45, 7) is 2.13. The Labute approximate surface area is 141 Å². The molecule has 0 unspecified atom stereocenters. The second kappa shape index (κ2) is 6.61. The smallest absolute Gasteiger partial charge is 0.274 e. The highest BCUT2D eigenvalue weighted by Gasteiger charge is 2.34. The van der Waals surface area contributed by atoms with E-state index in [0.29, 0.717) is 12.5 Å². The zero-order chi connectivity index (χ0) is 16.4. The molecule has 2 aliphatic rings. The molecule has 1 aliphatic heterocycles. The summed E-state index contributed by atoms with van der Waals surface area (Å²) in [6.07, 6.45) is 7.21. The number of amides is 1. The molecule has 2 fully saturated rings. The first-order valence-corrected chi connectivity index (χ1v) is 8.62. The second-order valence-electron chi connectivity index (χ2n) is 6.65. The Hall–Kier alpha value is -1.40. The zero-order valence-electron chi connectivity index (χ0n) is 13.5. The molecule has 1 saturated carbocycles. The number of anilines is 1. The van der Waals surface area contributed by atoms with Crippen LogP contribution in [0.1, 0.15) is 49.0 Å². The molecule has 0 radical (unpaired) electrons. The lowest BCUT2D eigenvalue weighted by atomic mass is 10.0. The highest BCUT2D eigenvalue weighted by Crippen LogP contribution is 2.30. The molecule has 3 rings (SSSR count). The number of hydrogen-bond donors (Lipinski definition) is 1. The van der Waals surface area contributed by atoms with Gasteiger partial charge in [0.2, 0.25) is 5.95 Å². The number of hydrogen-bond acceptors (Lipinski definition) is 5. The maximum Gasteiger partial charge on any atom is 0.274 e. The summed E-state index contributed by atoms with van der Waals surface area (Å²) in [6, 6.07) is 0. The van der Waals surface area contributed by atoms with Crippen LogP contribution in [0, 0.1) is 0 Å². The minimum atomic E-state index is -0.776. The van der Waals surface area contributed by atoms with Crippen molar-refractivity contribution >= 4 is 23.5 Å². The Morgan fingerprint density at radius 2 is 2.00 bits per heavy atom. The Kier molecular flexibility index (Phi) is 4.73. The summed E-state index contributed by atoms with van der Waals surface area (Å²) in [5, 5.41) is 10.7. The predicted molar refractivity (Wildman–Crippen MR) is 88.9 cm³/mol. The molecular weight excluding hydrogens is 316 g/mol. The number of nitrogens with zero attached hydrogens (tertiary/aromatic N) is 4. The second-order valence-corrected chi connectivity index (χ2v) is 7.06. The van der Waals surface area contributed by atoms with Crippen molar-refractivity contribution < 1.29 is 9.90 Å². The van der Waals surface area contributed by atoms with Crippen LogP contribution in [0.15, 0.2) is 6.20 Å². The predicted octanol–water partition coefficient (Wildman–Crippen LogP) is 2.11. The van der Waals surface area contributed by atoms with Gasteiger partial charge in [-0.3, -0.25) is 4.79 Å². The van der Waals surface area contributed by atoms with Crippen molar-refractivity contribution in [3.05, 3.63) is 16.9 Å². The third kappa shape index (κ3) is 3.58. The third-order valence-electron chi connectivity index (χ3n) is 4.74. The first-order valence-electron chi connectivity index (χ1n) is 8.24. The van der Waals surface area contributed by atoms with E-state index in [2.05, 4.69) is 14.9 Å². The van der Waals surface area contributed by atoms with E-state index in [1.165, 1.54) is 11.1 Å².